The monoisotopic (exact) mass is 211 g/mol. The third kappa shape index (κ3) is 6.11. The molecule has 0 heterocycles. The van der Waals surface area contributed by atoms with E-state index < -0.39 is 5.97 Å². The molecule has 0 saturated carbocycles. The van der Waals surface area contributed by atoms with Gasteiger partial charge in [0, 0.05) is 12.3 Å². The Bertz CT molecular complexity index is 244. The molecule has 86 valence electrons. The van der Waals surface area contributed by atoms with E-state index in [0.717, 1.165) is 19.3 Å². The highest BCUT2D eigenvalue weighted by Crippen LogP contribution is 2.33. The second kappa shape index (κ2) is 6.44. The number of nitriles is 1. The predicted molar refractivity (Wildman–Crippen MR) is 59.3 cm³/mol. The summed E-state index contributed by atoms with van der Waals surface area (Å²) in [4.78, 5) is 10.5. The summed E-state index contributed by atoms with van der Waals surface area (Å²) in [5.41, 5.74) is 0.0729. The standard InChI is InChI=1S/C12H21NO2/c1-4-12(3,8-6-11(14)15)7-5-10(2)9-13/h10H,4-8H2,1-3H3,(H,14,15). The van der Waals surface area contributed by atoms with Crippen molar-refractivity contribution in [3.8, 4) is 6.07 Å². The van der Waals surface area contributed by atoms with Crippen molar-refractivity contribution in [2.75, 3.05) is 0 Å². The van der Waals surface area contributed by atoms with Gasteiger partial charge in [0.2, 0.25) is 0 Å². The van der Waals surface area contributed by atoms with Gasteiger partial charge in [-0.2, -0.15) is 5.26 Å². The number of carboxylic acid groups (broad SMARTS) is 1. The molecule has 2 atom stereocenters. The van der Waals surface area contributed by atoms with Gasteiger partial charge in [0.15, 0.2) is 0 Å². The molecular formula is C12H21NO2. The van der Waals surface area contributed by atoms with E-state index in [-0.39, 0.29) is 17.8 Å². The summed E-state index contributed by atoms with van der Waals surface area (Å²) >= 11 is 0. The molecule has 0 aromatic heterocycles. The largest absolute Gasteiger partial charge is 0.481 e. The van der Waals surface area contributed by atoms with Crippen LogP contribution in [0.2, 0.25) is 0 Å². The van der Waals surface area contributed by atoms with Gasteiger partial charge in [0.05, 0.1) is 6.07 Å². The summed E-state index contributed by atoms with van der Waals surface area (Å²) in [6.45, 7) is 6.10. The van der Waals surface area contributed by atoms with Crippen LogP contribution in [0.25, 0.3) is 0 Å². The average molecular weight is 211 g/mol. The second-order valence-corrected chi connectivity index (χ2v) is 4.63. The number of carboxylic acids is 1. The minimum atomic E-state index is -0.733. The molecule has 0 saturated heterocycles. The number of nitrogens with zero attached hydrogens (tertiary/aromatic N) is 1. The lowest BCUT2D eigenvalue weighted by Crippen LogP contribution is -2.18. The van der Waals surface area contributed by atoms with Crippen LogP contribution >= 0.6 is 0 Å². The van der Waals surface area contributed by atoms with Gasteiger partial charge in [0.25, 0.3) is 0 Å². The Labute approximate surface area is 92.1 Å². The summed E-state index contributed by atoms with van der Waals surface area (Å²) < 4.78 is 0. The van der Waals surface area contributed by atoms with Gasteiger partial charge in [-0.15, -0.1) is 0 Å². The van der Waals surface area contributed by atoms with Gasteiger partial charge in [-0.1, -0.05) is 20.3 Å². The van der Waals surface area contributed by atoms with Gasteiger partial charge in [0.1, 0.15) is 0 Å². The fourth-order valence-electron chi connectivity index (χ4n) is 1.52. The van der Waals surface area contributed by atoms with Crippen LogP contribution in [-0.2, 0) is 4.79 Å². The molecule has 3 heteroatoms. The maximum Gasteiger partial charge on any atom is 0.303 e. The van der Waals surface area contributed by atoms with Crippen LogP contribution in [-0.4, -0.2) is 11.1 Å². The molecule has 15 heavy (non-hydrogen) atoms. The van der Waals surface area contributed by atoms with E-state index in [1.165, 1.54) is 0 Å². The van der Waals surface area contributed by atoms with Crippen molar-refractivity contribution in [3.63, 3.8) is 0 Å². The molecule has 0 aromatic rings. The van der Waals surface area contributed by atoms with Gasteiger partial charge in [-0.25, -0.2) is 0 Å². The van der Waals surface area contributed by atoms with Crippen molar-refractivity contribution in [1.82, 2.24) is 0 Å². The Morgan fingerprint density at radius 1 is 1.53 bits per heavy atom. The fraction of sp³-hybridized carbons (Fsp3) is 0.833. The molecule has 3 nitrogen and oxygen atoms in total. The molecule has 0 aromatic carbocycles. The van der Waals surface area contributed by atoms with Crippen LogP contribution in [0.15, 0.2) is 0 Å². The lowest BCUT2D eigenvalue weighted by Gasteiger charge is -2.28. The number of rotatable bonds is 7. The zero-order valence-electron chi connectivity index (χ0n) is 9.92. The predicted octanol–water partition coefficient (Wildman–Crippen LogP) is 3.21. The van der Waals surface area contributed by atoms with Crippen LogP contribution in [0.1, 0.15) is 52.9 Å². The molecule has 0 amide bonds. The summed E-state index contributed by atoms with van der Waals surface area (Å²) in [7, 11) is 0. The smallest absolute Gasteiger partial charge is 0.303 e. The van der Waals surface area contributed by atoms with Gasteiger partial charge < -0.3 is 5.11 Å². The number of aliphatic carboxylic acids is 1. The SMILES string of the molecule is CCC(C)(CCC(=O)O)CCC(C)C#N. The van der Waals surface area contributed by atoms with Crippen LogP contribution < -0.4 is 0 Å². The highest BCUT2D eigenvalue weighted by atomic mass is 16.4. The normalized spacial score (nSPS) is 16.4. The van der Waals surface area contributed by atoms with E-state index in [9.17, 15) is 4.79 Å². The third-order valence-electron chi connectivity index (χ3n) is 3.20. The van der Waals surface area contributed by atoms with Crippen LogP contribution in [0, 0.1) is 22.7 Å². The van der Waals surface area contributed by atoms with Crippen molar-refractivity contribution in [3.05, 3.63) is 0 Å². The molecule has 0 spiro atoms. The first kappa shape index (κ1) is 14.0. The molecule has 0 radical (unpaired) electrons. The zero-order chi connectivity index (χ0) is 11.9. The highest BCUT2D eigenvalue weighted by molar-refractivity contribution is 5.66. The van der Waals surface area contributed by atoms with Gasteiger partial charge in [-0.05, 0) is 31.6 Å². The number of hydrogen-bond donors (Lipinski definition) is 1. The summed E-state index contributed by atoms with van der Waals surface area (Å²) in [6, 6.07) is 2.21. The minimum Gasteiger partial charge on any atom is -0.481 e. The maximum absolute atomic E-state index is 10.5. The van der Waals surface area contributed by atoms with Crippen LogP contribution in [0.4, 0.5) is 0 Å². The Kier molecular flexibility index (Phi) is 6.00. The molecular weight excluding hydrogens is 190 g/mol. The van der Waals surface area contributed by atoms with E-state index in [1.54, 1.807) is 0 Å². The Balaban J connectivity index is 4.07. The molecule has 0 rings (SSSR count). The molecule has 0 fully saturated rings. The fourth-order valence-corrected chi connectivity index (χ4v) is 1.52. The topological polar surface area (TPSA) is 61.1 Å². The second-order valence-electron chi connectivity index (χ2n) is 4.63. The Hall–Kier alpha value is -1.04. The first-order valence-corrected chi connectivity index (χ1v) is 5.55. The molecule has 1 N–H and O–H groups in total. The van der Waals surface area contributed by atoms with Crippen molar-refractivity contribution in [2.45, 2.75) is 52.9 Å². The number of carbonyl (C=O) groups is 1. The van der Waals surface area contributed by atoms with E-state index >= 15 is 0 Å². The van der Waals surface area contributed by atoms with Crippen molar-refractivity contribution >= 4 is 5.97 Å². The van der Waals surface area contributed by atoms with Crippen molar-refractivity contribution < 1.29 is 9.90 Å². The third-order valence-corrected chi connectivity index (χ3v) is 3.20. The number of hydrogen-bond acceptors (Lipinski definition) is 2. The van der Waals surface area contributed by atoms with Crippen LogP contribution in [0.3, 0.4) is 0 Å². The molecule has 0 bridgehead atoms. The van der Waals surface area contributed by atoms with Crippen molar-refractivity contribution in [1.29, 1.82) is 5.26 Å². The lowest BCUT2D eigenvalue weighted by atomic mass is 9.77. The Morgan fingerprint density at radius 2 is 2.13 bits per heavy atom. The maximum atomic E-state index is 10.5. The lowest BCUT2D eigenvalue weighted by molar-refractivity contribution is -0.137. The van der Waals surface area contributed by atoms with Gasteiger partial charge >= 0.3 is 5.97 Å². The van der Waals surface area contributed by atoms with Crippen LogP contribution in [0.5, 0.6) is 0 Å². The quantitative estimate of drug-likeness (QED) is 0.703. The summed E-state index contributed by atoms with van der Waals surface area (Å²) in [5, 5.41) is 17.3. The first-order valence-electron chi connectivity index (χ1n) is 5.55. The molecule has 2 unspecified atom stereocenters. The summed E-state index contributed by atoms with van der Waals surface area (Å²) in [6.07, 6.45) is 3.70. The first-order chi connectivity index (χ1) is 6.93. The summed E-state index contributed by atoms with van der Waals surface area (Å²) in [5.74, 6) is -0.663. The highest BCUT2D eigenvalue weighted by Gasteiger charge is 2.23. The van der Waals surface area contributed by atoms with E-state index in [0.29, 0.717) is 6.42 Å². The van der Waals surface area contributed by atoms with Gasteiger partial charge in [-0.3, -0.25) is 4.79 Å². The van der Waals surface area contributed by atoms with E-state index in [4.69, 9.17) is 10.4 Å². The van der Waals surface area contributed by atoms with E-state index in [2.05, 4.69) is 19.9 Å². The molecule has 0 aliphatic heterocycles. The zero-order valence-corrected chi connectivity index (χ0v) is 9.92. The molecule has 0 aliphatic rings. The van der Waals surface area contributed by atoms with E-state index in [1.807, 2.05) is 6.92 Å². The molecule has 0 aliphatic carbocycles. The van der Waals surface area contributed by atoms with Crippen molar-refractivity contribution in [2.24, 2.45) is 11.3 Å². The minimum absolute atomic E-state index is 0.0701. The Morgan fingerprint density at radius 3 is 2.53 bits per heavy atom. The average Bonchev–Trinajstić information content (AvgIpc) is 2.23.